The van der Waals surface area contributed by atoms with Crippen LogP contribution in [-0.2, 0) is 6.61 Å². The second kappa shape index (κ2) is 6.31. The molecule has 0 unspecified atom stereocenters. The molecule has 0 aliphatic heterocycles. The number of rotatable bonds is 4. The fourth-order valence-electron chi connectivity index (χ4n) is 1.86. The van der Waals surface area contributed by atoms with Gasteiger partial charge in [0.05, 0.1) is 0 Å². The van der Waals surface area contributed by atoms with Gasteiger partial charge in [-0.3, -0.25) is 0 Å². The zero-order chi connectivity index (χ0) is 13.8. The number of anilines is 1. The molecule has 2 aromatic rings. The highest BCUT2D eigenvalue weighted by atomic mass is 79.9. The highest BCUT2D eigenvalue weighted by Crippen LogP contribution is 2.27. The van der Waals surface area contributed by atoms with E-state index in [2.05, 4.69) is 21.2 Å². The molecule has 0 heterocycles. The van der Waals surface area contributed by atoms with Crippen LogP contribution in [0.1, 0.15) is 11.1 Å². The number of ether oxygens (including phenoxy) is 1. The Morgan fingerprint density at radius 2 is 2.05 bits per heavy atom. The van der Waals surface area contributed by atoms with Crippen molar-refractivity contribution in [3.8, 4) is 5.75 Å². The van der Waals surface area contributed by atoms with Gasteiger partial charge in [0, 0.05) is 27.8 Å². The Balaban J connectivity index is 2.19. The zero-order valence-electron chi connectivity index (χ0n) is 10.8. The number of nitrogens with one attached hydrogen (secondary N) is 1. The zero-order valence-corrected chi connectivity index (χ0v) is 13.2. The minimum atomic E-state index is 0.443. The standard InChI is InChI=1S/C15H15BrClNO/c1-10-8-11(16)6-7-15(10)19-9-12-13(17)4-3-5-14(12)18-2/h3-8,18H,9H2,1-2H3. The van der Waals surface area contributed by atoms with E-state index in [0.717, 1.165) is 27.0 Å². The van der Waals surface area contributed by atoms with Crippen LogP contribution in [0.5, 0.6) is 5.75 Å². The summed E-state index contributed by atoms with van der Waals surface area (Å²) in [6.45, 7) is 2.46. The van der Waals surface area contributed by atoms with Crippen molar-refractivity contribution >= 4 is 33.2 Å². The quantitative estimate of drug-likeness (QED) is 0.842. The molecule has 2 aromatic carbocycles. The van der Waals surface area contributed by atoms with Crippen LogP contribution < -0.4 is 10.1 Å². The second-order valence-corrected chi connectivity index (χ2v) is 5.54. The van der Waals surface area contributed by atoms with Gasteiger partial charge in [-0.05, 0) is 42.8 Å². The molecule has 0 fully saturated rings. The van der Waals surface area contributed by atoms with Crippen molar-refractivity contribution in [2.75, 3.05) is 12.4 Å². The van der Waals surface area contributed by atoms with Gasteiger partial charge in [0.1, 0.15) is 12.4 Å². The van der Waals surface area contributed by atoms with Crippen LogP contribution in [0.4, 0.5) is 5.69 Å². The van der Waals surface area contributed by atoms with Crippen molar-refractivity contribution in [2.45, 2.75) is 13.5 Å². The van der Waals surface area contributed by atoms with Crippen molar-refractivity contribution in [3.05, 3.63) is 57.0 Å². The average Bonchev–Trinajstić information content (AvgIpc) is 2.39. The van der Waals surface area contributed by atoms with E-state index in [9.17, 15) is 0 Å². The van der Waals surface area contributed by atoms with E-state index in [0.29, 0.717) is 11.6 Å². The summed E-state index contributed by atoms with van der Waals surface area (Å²) in [5, 5.41) is 3.83. The average molecular weight is 341 g/mol. The maximum absolute atomic E-state index is 6.21. The van der Waals surface area contributed by atoms with Crippen LogP contribution in [0.25, 0.3) is 0 Å². The third-order valence-electron chi connectivity index (χ3n) is 2.90. The number of benzene rings is 2. The van der Waals surface area contributed by atoms with Crippen LogP contribution in [0.2, 0.25) is 5.02 Å². The molecule has 0 saturated heterocycles. The van der Waals surface area contributed by atoms with Crippen molar-refractivity contribution in [1.82, 2.24) is 0 Å². The van der Waals surface area contributed by atoms with E-state index in [-0.39, 0.29) is 0 Å². The summed E-state index contributed by atoms with van der Waals surface area (Å²) in [6.07, 6.45) is 0. The van der Waals surface area contributed by atoms with E-state index >= 15 is 0 Å². The van der Waals surface area contributed by atoms with Gasteiger partial charge in [-0.15, -0.1) is 0 Å². The highest BCUT2D eigenvalue weighted by molar-refractivity contribution is 9.10. The third kappa shape index (κ3) is 3.43. The third-order valence-corrected chi connectivity index (χ3v) is 3.74. The molecule has 0 aromatic heterocycles. The number of hydrogen-bond donors (Lipinski definition) is 1. The van der Waals surface area contributed by atoms with E-state index in [1.807, 2.05) is 50.4 Å². The second-order valence-electron chi connectivity index (χ2n) is 4.21. The van der Waals surface area contributed by atoms with E-state index in [1.165, 1.54) is 0 Å². The maximum atomic E-state index is 6.21. The molecule has 19 heavy (non-hydrogen) atoms. The number of hydrogen-bond acceptors (Lipinski definition) is 2. The molecule has 2 nitrogen and oxygen atoms in total. The first kappa shape index (κ1) is 14.2. The molecule has 2 rings (SSSR count). The molecule has 4 heteroatoms. The molecule has 100 valence electrons. The van der Waals surface area contributed by atoms with Gasteiger partial charge in [-0.2, -0.15) is 0 Å². The fourth-order valence-corrected chi connectivity index (χ4v) is 2.57. The fraction of sp³-hybridized carbons (Fsp3) is 0.200. The van der Waals surface area contributed by atoms with Crippen LogP contribution >= 0.6 is 27.5 Å². The lowest BCUT2D eigenvalue weighted by Gasteiger charge is -2.14. The van der Waals surface area contributed by atoms with E-state index in [1.54, 1.807) is 0 Å². The first-order chi connectivity index (χ1) is 9.11. The monoisotopic (exact) mass is 339 g/mol. The van der Waals surface area contributed by atoms with Gasteiger partial charge in [0.2, 0.25) is 0 Å². The minimum Gasteiger partial charge on any atom is -0.488 e. The van der Waals surface area contributed by atoms with Crippen LogP contribution in [0.3, 0.4) is 0 Å². The predicted molar refractivity (Wildman–Crippen MR) is 84.2 cm³/mol. The van der Waals surface area contributed by atoms with Crippen molar-refractivity contribution in [3.63, 3.8) is 0 Å². The topological polar surface area (TPSA) is 21.3 Å². The molecule has 0 spiro atoms. The van der Waals surface area contributed by atoms with Crippen molar-refractivity contribution in [2.24, 2.45) is 0 Å². The summed E-state index contributed by atoms with van der Waals surface area (Å²) in [4.78, 5) is 0. The Kier molecular flexibility index (Phi) is 4.72. The molecule has 0 aliphatic carbocycles. The molecular formula is C15H15BrClNO. The Hall–Kier alpha value is -1.19. The predicted octanol–water partition coefficient (Wildman–Crippen LogP) is 5.03. The lowest BCUT2D eigenvalue weighted by atomic mass is 10.2. The Labute approximate surface area is 126 Å². The Morgan fingerprint density at radius 1 is 1.26 bits per heavy atom. The summed E-state index contributed by atoms with van der Waals surface area (Å²) < 4.78 is 6.90. The molecule has 1 N–H and O–H groups in total. The SMILES string of the molecule is CNc1cccc(Cl)c1COc1ccc(Br)cc1C. The number of aryl methyl sites for hydroxylation is 1. The first-order valence-electron chi connectivity index (χ1n) is 5.96. The molecule has 0 aliphatic rings. The van der Waals surface area contributed by atoms with E-state index in [4.69, 9.17) is 16.3 Å². The first-order valence-corrected chi connectivity index (χ1v) is 7.13. The van der Waals surface area contributed by atoms with E-state index < -0.39 is 0 Å². The van der Waals surface area contributed by atoms with Crippen molar-refractivity contribution in [1.29, 1.82) is 0 Å². The van der Waals surface area contributed by atoms with Crippen LogP contribution in [0.15, 0.2) is 40.9 Å². The van der Waals surface area contributed by atoms with Gasteiger partial charge in [0.25, 0.3) is 0 Å². The molecule has 0 radical (unpaired) electrons. The molecular weight excluding hydrogens is 326 g/mol. The van der Waals surface area contributed by atoms with Gasteiger partial charge in [-0.1, -0.05) is 33.6 Å². The maximum Gasteiger partial charge on any atom is 0.122 e. The smallest absolute Gasteiger partial charge is 0.122 e. The molecule has 0 atom stereocenters. The molecule has 0 bridgehead atoms. The normalized spacial score (nSPS) is 10.3. The summed E-state index contributed by atoms with van der Waals surface area (Å²) in [6, 6.07) is 11.7. The minimum absolute atomic E-state index is 0.443. The molecule has 0 amide bonds. The van der Waals surface area contributed by atoms with Crippen LogP contribution in [-0.4, -0.2) is 7.05 Å². The Morgan fingerprint density at radius 3 is 2.74 bits per heavy atom. The summed E-state index contributed by atoms with van der Waals surface area (Å²) in [5.41, 5.74) is 3.05. The van der Waals surface area contributed by atoms with Crippen LogP contribution in [0, 0.1) is 6.92 Å². The van der Waals surface area contributed by atoms with Gasteiger partial charge >= 0.3 is 0 Å². The largest absolute Gasteiger partial charge is 0.488 e. The highest BCUT2D eigenvalue weighted by Gasteiger charge is 2.08. The van der Waals surface area contributed by atoms with Gasteiger partial charge < -0.3 is 10.1 Å². The number of halogens is 2. The summed E-state index contributed by atoms with van der Waals surface area (Å²) in [7, 11) is 1.88. The summed E-state index contributed by atoms with van der Waals surface area (Å²) in [5.74, 6) is 0.866. The van der Waals surface area contributed by atoms with Gasteiger partial charge in [0.15, 0.2) is 0 Å². The lowest BCUT2D eigenvalue weighted by molar-refractivity contribution is 0.305. The lowest BCUT2D eigenvalue weighted by Crippen LogP contribution is -2.02. The summed E-state index contributed by atoms with van der Waals surface area (Å²) >= 11 is 9.65. The molecule has 0 saturated carbocycles. The van der Waals surface area contributed by atoms with Crippen molar-refractivity contribution < 1.29 is 4.74 Å². The van der Waals surface area contributed by atoms with Gasteiger partial charge in [-0.25, -0.2) is 0 Å². The Bertz CT molecular complexity index is 586.